The number of pyridine rings is 1. The monoisotopic (exact) mass is 540 g/mol. The van der Waals surface area contributed by atoms with E-state index in [1.165, 1.54) is 13.8 Å². The predicted octanol–water partition coefficient (Wildman–Crippen LogP) is 5.06. The van der Waals surface area contributed by atoms with Crippen LogP contribution in [0.15, 0.2) is 12.1 Å². The Kier molecular flexibility index (Phi) is 6.80. The minimum absolute atomic E-state index is 0.0626. The van der Waals surface area contributed by atoms with Gasteiger partial charge in [-0.05, 0) is 19.9 Å². The molecule has 186 valence electrons. The second-order valence-electron chi connectivity index (χ2n) is 6.55. The van der Waals surface area contributed by atoms with Crippen LogP contribution in [0.5, 0.6) is 0 Å². The normalized spacial score (nSPS) is 11.9. The summed E-state index contributed by atoms with van der Waals surface area (Å²) in [4.78, 5) is 43.6. The third-order valence-electron chi connectivity index (χ3n) is 3.96. The zero-order valence-electron chi connectivity index (χ0n) is 17.2. The van der Waals surface area contributed by atoms with Gasteiger partial charge in [0, 0.05) is 6.07 Å². The van der Waals surface area contributed by atoms with Crippen LogP contribution in [-0.2, 0) is 12.4 Å². The Morgan fingerprint density at radius 1 is 0.857 bits per heavy atom. The lowest BCUT2D eigenvalue weighted by Gasteiger charge is -2.10. The van der Waals surface area contributed by atoms with Crippen LogP contribution in [0.1, 0.15) is 40.7 Å². The number of rotatable bonds is 5. The fourth-order valence-electron chi connectivity index (χ4n) is 2.64. The van der Waals surface area contributed by atoms with Crippen LogP contribution >= 0.6 is 22.7 Å². The van der Waals surface area contributed by atoms with E-state index in [2.05, 4.69) is 15.0 Å². The molecule has 0 radical (unpaired) electrons. The summed E-state index contributed by atoms with van der Waals surface area (Å²) in [5.41, 5.74) is -3.81. The first-order valence-electron chi connectivity index (χ1n) is 8.95. The van der Waals surface area contributed by atoms with Crippen LogP contribution in [0.2, 0.25) is 0 Å². The number of aryl methyl sites for hydroxylation is 2. The molecule has 0 unspecified atom stereocenters. The Hall–Kier alpha value is -3.67. The molecule has 3 rings (SSSR count). The van der Waals surface area contributed by atoms with E-state index in [4.69, 9.17) is 0 Å². The van der Waals surface area contributed by atoms with Crippen LogP contribution in [0.4, 0.5) is 43.7 Å². The van der Waals surface area contributed by atoms with Gasteiger partial charge in [0.1, 0.15) is 15.6 Å². The molecule has 0 saturated heterocycles. The maximum Gasteiger partial charge on any atom is 0.435 e. The smallest absolute Gasteiger partial charge is 0.306 e. The average molecular weight is 540 g/mol. The van der Waals surface area contributed by atoms with Crippen molar-refractivity contribution in [2.75, 3.05) is 10.6 Å². The van der Waals surface area contributed by atoms with Crippen molar-refractivity contribution >= 4 is 51.8 Å². The van der Waals surface area contributed by atoms with Gasteiger partial charge in [0.25, 0.3) is 11.8 Å². The van der Waals surface area contributed by atoms with E-state index >= 15 is 0 Å². The standard InChI is InChI=1S/C17H10F6N6O4S2/c1-5-24-11(16(18,19)20)9(34-5)14(30)27-8-4-3-7(29(32)33)13(26-8)28-15(31)10-12(17(21,22)23)25-6(2)35-10/h3-4H,1-2H3,(H2,26,27,28,30,31). The molecule has 3 aromatic rings. The van der Waals surface area contributed by atoms with Crippen LogP contribution in [-0.4, -0.2) is 31.7 Å². The van der Waals surface area contributed by atoms with Gasteiger partial charge >= 0.3 is 18.0 Å². The van der Waals surface area contributed by atoms with Crippen LogP contribution in [0.3, 0.4) is 0 Å². The number of anilines is 2. The van der Waals surface area contributed by atoms with E-state index in [1.54, 1.807) is 0 Å². The molecule has 2 N–H and O–H groups in total. The van der Waals surface area contributed by atoms with Gasteiger partial charge in [0.05, 0.1) is 14.9 Å². The summed E-state index contributed by atoms with van der Waals surface area (Å²) in [5.74, 6) is -4.08. The first-order chi connectivity index (χ1) is 16.1. The number of carbonyl (C=O) groups is 2. The number of nitrogens with zero attached hydrogens (tertiary/aromatic N) is 4. The number of hydrogen-bond donors (Lipinski definition) is 2. The van der Waals surface area contributed by atoms with E-state index in [-0.39, 0.29) is 10.0 Å². The summed E-state index contributed by atoms with van der Waals surface area (Å²) in [7, 11) is 0. The molecule has 0 aliphatic rings. The molecule has 10 nitrogen and oxygen atoms in total. The Morgan fingerprint density at radius 2 is 1.31 bits per heavy atom. The van der Waals surface area contributed by atoms with Crippen LogP contribution < -0.4 is 10.6 Å². The molecule has 18 heteroatoms. The van der Waals surface area contributed by atoms with Crippen LogP contribution in [0.25, 0.3) is 0 Å². The number of amides is 2. The molecule has 35 heavy (non-hydrogen) atoms. The number of carbonyl (C=O) groups excluding carboxylic acids is 2. The molecule has 0 aliphatic heterocycles. The minimum Gasteiger partial charge on any atom is -0.306 e. The topological polar surface area (TPSA) is 140 Å². The van der Waals surface area contributed by atoms with E-state index in [9.17, 15) is 46.0 Å². The largest absolute Gasteiger partial charge is 0.435 e. The number of alkyl halides is 6. The van der Waals surface area contributed by atoms with Crippen molar-refractivity contribution < 1.29 is 40.9 Å². The molecule has 0 aliphatic carbocycles. The Bertz CT molecular complexity index is 1330. The van der Waals surface area contributed by atoms with Gasteiger partial charge in [-0.2, -0.15) is 26.3 Å². The highest BCUT2D eigenvalue weighted by molar-refractivity contribution is 7.14. The maximum absolute atomic E-state index is 13.2. The number of aromatic nitrogens is 3. The number of nitrogens with one attached hydrogen (secondary N) is 2. The zero-order valence-corrected chi connectivity index (χ0v) is 18.8. The lowest BCUT2D eigenvalue weighted by Crippen LogP contribution is -2.20. The number of halogens is 6. The third kappa shape index (κ3) is 5.70. The van der Waals surface area contributed by atoms with Gasteiger partial charge < -0.3 is 5.32 Å². The summed E-state index contributed by atoms with van der Waals surface area (Å²) < 4.78 is 78.9. The van der Waals surface area contributed by atoms with Crippen molar-refractivity contribution in [3.05, 3.63) is 53.4 Å². The Balaban J connectivity index is 1.94. The molecule has 3 aromatic heterocycles. The van der Waals surface area contributed by atoms with Crippen molar-refractivity contribution in [2.45, 2.75) is 26.2 Å². The third-order valence-corrected chi connectivity index (χ3v) is 5.90. The van der Waals surface area contributed by atoms with Gasteiger partial charge in [0.2, 0.25) is 5.82 Å². The van der Waals surface area contributed by atoms with Gasteiger partial charge in [-0.3, -0.25) is 25.0 Å². The molecule has 3 heterocycles. The van der Waals surface area contributed by atoms with Crippen molar-refractivity contribution in [2.24, 2.45) is 0 Å². The summed E-state index contributed by atoms with van der Waals surface area (Å²) in [6.07, 6.45) is -9.93. The second kappa shape index (κ2) is 9.17. The number of thiazole rings is 2. The quantitative estimate of drug-likeness (QED) is 0.262. The minimum atomic E-state index is -4.99. The molecule has 0 fully saturated rings. The molecule has 0 atom stereocenters. The van der Waals surface area contributed by atoms with Crippen molar-refractivity contribution in [3.63, 3.8) is 0 Å². The summed E-state index contributed by atoms with van der Waals surface area (Å²) in [5, 5.41) is 15.0. The molecular weight excluding hydrogens is 530 g/mol. The fraction of sp³-hybridized carbons (Fsp3) is 0.235. The fourth-order valence-corrected chi connectivity index (χ4v) is 4.31. The van der Waals surface area contributed by atoms with Gasteiger partial charge in [-0.25, -0.2) is 15.0 Å². The summed E-state index contributed by atoms with van der Waals surface area (Å²) in [6, 6.07) is 1.62. The first kappa shape index (κ1) is 25.9. The molecule has 0 bridgehead atoms. The van der Waals surface area contributed by atoms with Crippen molar-refractivity contribution in [1.29, 1.82) is 0 Å². The highest BCUT2D eigenvalue weighted by atomic mass is 32.1. The number of nitro groups is 1. The maximum atomic E-state index is 13.2. The highest BCUT2D eigenvalue weighted by Gasteiger charge is 2.40. The average Bonchev–Trinajstić information content (AvgIpc) is 3.31. The van der Waals surface area contributed by atoms with Gasteiger partial charge in [0.15, 0.2) is 11.4 Å². The first-order valence-corrected chi connectivity index (χ1v) is 10.6. The van der Waals surface area contributed by atoms with E-state index < -0.39 is 67.6 Å². The van der Waals surface area contributed by atoms with Crippen molar-refractivity contribution in [3.8, 4) is 0 Å². The lowest BCUT2D eigenvalue weighted by molar-refractivity contribution is -0.384. The molecule has 2 amide bonds. The lowest BCUT2D eigenvalue weighted by atomic mass is 10.3. The molecule has 0 spiro atoms. The Morgan fingerprint density at radius 3 is 1.74 bits per heavy atom. The molecule has 0 aromatic carbocycles. The molecule has 0 saturated carbocycles. The number of hydrogen-bond acceptors (Lipinski definition) is 9. The zero-order chi connectivity index (χ0) is 26.3. The predicted molar refractivity (Wildman–Crippen MR) is 111 cm³/mol. The van der Waals surface area contributed by atoms with Gasteiger partial charge in [-0.15, -0.1) is 22.7 Å². The molecular formula is C17H10F6N6O4S2. The summed E-state index contributed by atoms with van der Waals surface area (Å²) >= 11 is 0.812. The van der Waals surface area contributed by atoms with E-state index in [0.29, 0.717) is 22.7 Å². The van der Waals surface area contributed by atoms with E-state index in [1.807, 2.05) is 10.6 Å². The van der Waals surface area contributed by atoms with Crippen LogP contribution in [0, 0.1) is 24.0 Å². The Labute approximate surface area is 198 Å². The second-order valence-corrected chi connectivity index (χ2v) is 8.95. The SMILES string of the molecule is Cc1nc(C(F)(F)F)c(C(=O)Nc2ccc([N+](=O)[O-])c(NC(=O)c3sc(C)nc3C(F)(F)F)n2)s1. The van der Waals surface area contributed by atoms with Gasteiger partial charge in [-0.1, -0.05) is 0 Å². The van der Waals surface area contributed by atoms with E-state index in [0.717, 1.165) is 12.1 Å². The highest BCUT2D eigenvalue weighted by Crippen LogP contribution is 2.36. The van der Waals surface area contributed by atoms with Crippen molar-refractivity contribution in [1.82, 2.24) is 15.0 Å². The summed E-state index contributed by atoms with van der Waals surface area (Å²) in [6.45, 7) is 2.45.